The standard InChI is InChI=1S/C16H24N2O/c1-2-13-5-8-15(9-6-13)18-16(19)10-7-14-4-3-11-17-12-14/h5-6,8-9,14,17H,2-4,7,10-12H2,1H3,(H,18,19). The van der Waals surface area contributed by atoms with E-state index in [0.29, 0.717) is 12.3 Å². The van der Waals surface area contributed by atoms with E-state index in [1.54, 1.807) is 0 Å². The summed E-state index contributed by atoms with van der Waals surface area (Å²) in [6.07, 6.45) is 5.15. The van der Waals surface area contributed by atoms with Crippen molar-refractivity contribution >= 4 is 11.6 Å². The predicted octanol–water partition coefficient (Wildman–Crippen LogP) is 2.97. The Kier molecular flexibility index (Phi) is 5.40. The molecule has 0 saturated carbocycles. The predicted molar refractivity (Wildman–Crippen MR) is 79.3 cm³/mol. The number of anilines is 1. The molecule has 1 saturated heterocycles. The molecule has 1 atom stereocenters. The summed E-state index contributed by atoms with van der Waals surface area (Å²) >= 11 is 0. The first-order valence-electron chi connectivity index (χ1n) is 7.37. The number of carbonyl (C=O) groups excluding carboxylic acids is 1. The summed E-state index contributed by atoms with van der Waals surface area (Å²) < 4.78 is 0. The van der Waals surface area contributed by atoms with Crippen molar-refractivity contribution in [2.45, 2.75) is 39.0 Å². The summed E-state index contributed by atoms with van der Waals surface area (Å²) in [6, 6.07) is 8.11. The summed E-state index contributed by atoms with van der Waals surface area (Å²) in [5, 5.41) is 6.36. The van der Waals surface area contributed by atoms with Gasteiger partial charge in [0.05, 0.1) is 0 Å². The van der Waals surface area contributed by atoms with Crippen molar-refractivity contribution in [2.75, 3.05) is 18.4 Å². The molecule has 1 aromatic rings. The van der Waals surface area contributed by atoms with E-state index >= 15 is 0 Å². The Labute approximate surface area is 115 Å². The molecule has 1 fully saturated rings. The van der Waals surface area contributed by atoms with Crippen LogP contribution in [0.25, 0.3) is 0 Å². The largest absolute Gasteiger partial charge is 0.326 e. The third-order valence-corrected chi connectivity index (χ3v) is 3.82. The average Bonchev–Trinajstić information content (AvgIpc) is 2.47. The molecule has 1 amide bonds. The molecule has 2 rings (SSSR count). The van der Waals surface area contributed by atoms with Crippen LogP contribution >= 0.6 is 0 Å². The molecule has 1 aliphatic rings. The maximum absolute atomic E-state index is 11.9. The average molecular weight is 260 g/mol. The maximum atomic E-state index is 11.9. The van der Waals surface area contributed by atoms with Crippen molar-refractivity contribution in [3.05, 3.63) is 29.8 Å². The van der Waals surface area contributed by atoms with Crippen LogP contribution in [0.2, 0.25) is 0 Å². The number of nitrogens with one attached hydrogen (secondary N) is 2. The zero-order valence-corrected chi connectivity index (χ0v) is 11.7. The van der Waals surface area contributed by atoms with Gasteiger partial charge in [-0.05, 0) is 62.4 Å². The van der Waals surface area contributed by atoms with E-state index in [0.717, 1.165) is 31.6 Å². The molecule has 0 aliphatic carbocycles. The highest BCUT2D eigenvalue weighted by molar-refractivity contribution is 5.90. The first-order valence-corrected chi connectivity index (χ1v) is 7.37. The minimum Gasteiger partial charge on any atom is -0.326 e. The van der Waals surface area contributed by atoms with Crippen molar-refractivity contribution in [3.63, 3.8) is 0 Å². The number of rotatable bonds is 5. The van der Waals surface area contributed by atoms with Gasteiger partial charge < -0.3 is 10.6 Å². The zero-order valence-electron chi connectivity index (χ0n) is 11.7. The second-order valence-electron chi connectivity index (χ2n) is 5.35. The van der Waals surface area contributed by atoms with Gasteiger partial charge in [0.25, 0.3) is 0 Å². The van der Waals surface area contributed by atoms with E-state index in [4.69, 9.17) is 0 Å². The molecule has 0 radical (unpaired) electrons. The van der Waals surface area contributed by atoms with Crippen LogP contribution in [-0.4, -0.2) is 19.0 Å². The van der Waals surface area contributed by atoms with Crippen molar-refractivity contribution in [2.24, 2.45) is 5.92 Å². The Balaban J connectivity index is 1.73. The molecule has 1 unspecified atom stereocenters. The number of carbonyl (C=O) groups is 1. The fourth-order valence-electron chi connectivity index (χ4n) is 2.55. The van der Waals surface area contributed by atoms with Crippen molar-refractivity contribution in [1.29, 1.82) is 0 Å². The van der Waals surface area contributed by atoms with Crippen molar-refractivity contribution < 1.29 is 4.79 Å². The highest BCUT2D eigenvalue weighted by atomic mass is 16.1. The third kappa shape index (κ3) is 4.67. The minimum atomic E-state index is 0.134. The van der Waals surface area contributed by atoms with Crippen LogP contribution in [0, 0.1) is 5.92 Å². The summed E-state index contributed by atoms with van der Waals surface area (Å²) in [7, 11) is 0. The molecule has 3 nitrogen and oxygen atoms in total. The number of benzene rings is 1. The Bertz CT molecular complexity index is 394. The van der Waals surface area contributed by atoms with Crippen molar-refractivity contribution in [3.8, 4) is 0 Å². The van der Waals surface area contributed by atoms with Crippen LogP contribution in [-0.2, 0) is 11.2 Å². The van der Waals surface area contributed by atoms with Crippen LogP contribution in [0.3, 0.4) is 0 Å². The molecule has 1 aromatic carbocycles. The Hall–Kier alpha value is -1.35. The molecular weight excluding hydrogens is 236 g/mol. The first-order chi connectivity index (χ1) is 9.28. The van der Waals surface area contributed by atoms with Gasteiger partial charge >= 0.3 is 0 Å². The van der Waals surface area contributed by atoms with Gasteiger partial charge in [0.1, 0.15) is 0 Å². The smallest absolute Gasteiger partial charge is 0.224 e. The second kappa shape index (κ2) is 7.29. The van der Waals surface area contributed by atoms with E-state index in [1.165, 1.54) is 18.4 Å². The fraction of sp³-hybridized carbons (Fsp3) is 0.562. The Morgan fingerprint density at radius 3 is 2.79 bits per heavy atom. The third-order valence-electron chi connectivity index (χ3n) is 3.82. The van der Waals surface area contributed by atoms with Gasteiger partial charge in [0, 0.05) is 12.1 Å². The van der Waals surface area contributed by atoms with E-state index in [2.05, 4.69) is 29.7 Å². The topological polar surface area (TPSA) is 41.1 Å². The van der Waals surface area contributed by atoms with Crippen LogP contribution in [0.1, 0.15) is 38.2 Å². The lowest BCUT2D eigenvalue weighted by molar-refractivity contribution is -0.116. The lowest BCUT2D eigenvalue weighted by atomic mass is 9.94. The number of hydrogen-bond donors (Lipinski definition) is 2. The minimum absolute atomic E-state index is 0.134. The SMILES string of the molecule is CCc1ccc(NC(=O)CCC2CCCNC2)cc1. The monoisotopic (exact) mass is 260 g/mol. The molecule has 2 N–H and O–H groups in total. The first kappa shape index (κ1) is 14.1. The number of aryl methyl sites for hydroxylation is 1. The number of piperidine rings is 1. The lowest BCUT2D eigenvalue weighted by Gasteiger charge is -2.22. The second-order valence-corrected chi connectivity index (χ2v) is 5.35. The van der Waals surface area contributed by atoms with Gasteiger partial charge in [-0.2, -0.15) is 0 Å². The molecular formula is C16H24N2O. The van der Waals surface area contributed by atoms with Crippen LogP contribution in [0.5, 0.6) is 0 Å². The van der Waals surface area contributed by atoms with Gasteiger partial charge in [-0.15, -0.1) is 0 Å². The van der Waals surface area contributed by atoms with E-state index in [9.17, 15) is 4.79 Å². The molecule has 1 aliphatic heterocycles. The summed E-state index contributed by atoms with van der Waals surface area (Å²) in [5.74, 6) is 0.803. The zero-order chi connectivity index (χ0) is 13.5. The van der Waals surface area contributed by atoms with Crippen molar-refractivity contribution in [1.82, 2.24) is 5.32 Å². The molecule has 0 bridgehead atoms. The number of hydrogen-bond acceptors (Lipinski definition) is 2. The number of amides is 1. The molecule has 0 spiro atoms. The van der Waals surface area contributed by atoms with Gasteiger partial charge in [-0.3, -0.25) is 4.79 Å². The quantitative estimate of drug-likeness (QED) is 0.854. The van der Waals surface area contributed by atoms with Crippen LogP contribution in [0.4, 0.5) is 5.69 Å². The van der Waals surface area contributed by atoms with E-state index in [-0.39, 0.29) is 5.91 Å². The van der Waals surface area contributed by atoms with E-state index in [1.807, 2.05) is 12.1 Å². The summed E-state index contributed by atoms with van der Waals surface area (Å²) in [5.41, 5.74) is 2.20. The van der Waals surface area contributed by atoms with Crippen LogP contribution < -0.4 is 10.6 Å². The highest BCUT2D eigenvalue weighted by Crippen LogP contribution is 2.17. The highest BCUT2D eigenvalue weighted by Gasteiger charge is 2.14. The molecule has 3 heteroatoms. The van der Waals surface area contributed by atoms with Gasteiger partial charge in [-0.1, -0.05) is 19.1 Å². The van der Waals surface area contributed by atoms with Crippen LogP contribution in [0.15, 0.2) is 24.3 Å². The van der Waals surface area contributed by atoms with Gasteiger partial charge in [0.15, 0.2) is 0 Å². The maximum Gasteiger partial charge on any atom is 0.224 e. The molecule has 104 valence electrons. The molecule has 19 heavy (non-hydrogen) atoms. The van der Waals surface area contributed by atoms with Gasteiger partial charge in [-0.25, -0.2) is 0 Å². The fourth-order valence-corrected chi connectivity index (χ4v) is 2.55. The summed E-state index contributed by atoms with van der Waals surface area (Å²) in [4.78, 5) is 11.9. The molecule has 0 aromatic heterocycles. The molecule has 1 heterocycles. The summed E-state index contributed by atoms with van der Waals surface area (Å²) in [6.45, 7) is 4.33. The Morgan fingerprint density at radius 1 is 1.37 bits per heavy atom. The van der Waals surface area contributed by atoms with Gasteiger partial charge in [0.2, 0.25) is 5.91 Å². The normalized spacial score (nSPS) is 19.1. The Morgan fingerprint density at radius 2 is 2.16 bits per heavy atom. The lowest BCUT2D eigenvalue weighted by Crippen LogP contribution is -2.30. The van der Waals surface area contributed by atoms with E-state index < -0.39 is 0 Å².